The smallest absolute Gasteiger partial charge is 0.233 e. The van der Waals surface area contributed by atoms with Crippen LogP contribution in [-0.2, 0) is 22.0 Å². The van der Waals surface area contributed by atoms with Gasteiger partial charge < -0.3 is 5.32 Å². The summed E-state index contributed by atoms with van der Waals surface area (Å²) in [5, 5.41) is 2.47. The molecule has 5 heteroatoms. The highest BCUT2D eigenvalue weighted by Gasteiger charge is 2.13. The molecule has 0 aliphatic heterocycles. The van der Waals surface area contributed by atoms with E-state index in [1.165, 1.54) is 0 Å². The van der Waals surface area contributed by atoms with Gasteiger partial charge in [0.1, 0.15) is 0 Å². The molecule has 100 valence electrons. The molecular formula is C13H19NO2S2. The third-order valence-electron chi connectivity index (χ3n) is 2.48. The van der Waals surface area contributed by atoms with Crippen LogP contribution in [0.3, 0.4) is 0 Å². The van der Waals surface area contributed by atoms with Crippen molar-refractivity contribution in [1.29, 1.82) is 0 Å². The van der Waals surface area contributed by atoms with Crippen LogP contribution < -0.4 is 5.32 Å². The highest BCUT2D eigenvalue weighted by molar-refractivity contribution is 7.84. The number of benzene rings is 1. The molecule has 1 rings (SSSR count). The van der Waals surface area contributed by atoms with Gasteiger partial charge in [0.2, 0.25) is 5.91 Å². The lowest BCUT2D eigenvalue weighted by Gasteiger charge is -2.11. The van der Waals surface area contributed by atoms with Crippen LogP contribution in [0.2, 0.25) is 0 Å². The van der Waals surface area contributed by atoms with Gasteiger partial charge in [0.15, 0.2) is 0 Å². The van der Waals surface area contributed by atoms with Crippen LogP contribution in [0.25, 0.3) is 0 Å². The molecule has 0 aliphatic carbocycles. The van der Waals surface area contributed by atoms with Crippen molar-refractivity contribution in [3.05, 3.63) is 35.9 Å². The molecule has 0 spiro atoms. The molecule has 0 bridgehead atoms. The van der Waals surface area contributed by atoms with E-state index < -0.39 is 10.8 Å². The molecule has 0 heterocycles. The maximum absolute atomic E-state index is 11.7. The number of hydrogen-bond donors (Lipinski definition) is 2. The summed E-state index contributed by atoms with van der Waals surface area (Å²) >= 11 is 4.31. The topological polar surface area (TPSA) is 46.2 Å². The molecule has 0 saturated heterocycles. The van der Waals surface area contributed by atoms with E-state index in [4.69, 9.17) is 0 Å². The molecular weight excluding hydrogens is 266 g/mol. The number of amides is 1. The summed E-state index contributed by atoms with van der Waals surface area (Å²) in [6, 6.07) is 9.81. The lowest BCUT2D eigenvalue weighted by Crippen LogP contribution is -2.33. The highest BCUT2D eigenvalue weighted by atomic mass is 32.2. The van der Waals surface area contributed by atoms with Crippen molar-refractivity contribution in [3.8, 4) is 0 Å². The predicted octanol–water partition coefficient (Wildman–Crippen LogP) is 1.41. The Labute approximate surface area is 116 Å². The Bertz CT molecular complexity index is 395. The molecule has 2 unspecified atom stereocenters. The van der Waals surface area contributed by atoms with Crippen LogP contribution in [0.5, 0.6) is 0 Å². The Morgan fingerprint density at radius 1 is 1.39 bits per heavy atom. The van der Waals surface area contributed by atoms with E-state index in [0.29, 0.717) is 18.7 Å². The minimum absolute atomic E-state index is 0.0657. The molecule has 0 aromatic heterocycles. The van der Waals surface area contributed by atoms with Crippen LogP contribution in [-0.4, -0.2) is 33.9 Å². The number of rotatable bonds is 7. The third-order valence-corrected chi connectivity index (χ3v) is 3.76. The van der Waals surface area contributed by atoms with Gasteiger partial charge in [-0.2, -0.15) is 12.6 Å². The lowest BCUT2D eigenvalue weighted by molar-refractivity contribution is -0.120. The molecule has 1 aromatic carbocycles. The minimum atomic E-state index is -0.793. The first-order chi connectivity index (χ1) is 8.59. The second-order valence-corrected chi connectivity index (χ2v) is 6.31. The zero-order valence-corrected chi connectivity index (χ0v) is 12.2. The fourth-order valence-electron chi connectivity index (χ4n) is 1.53. The van der Waals surface area contributed by atoms with Gasteiger partial charge in [-0.05, 0) is 18.4 Å². The van der Waals surface area contributed by atoms with Crippen LogP contribution in [0.1, 0.15) is 12.0 Å². The van der Waals surface area contributed by atoms with E-state index in [0.717, 1.165) is 12.0 Å². The average Bonchev–Trinajstić information content (AvgIpc) is 2.35. The summed E-state index contributed by atoms with van der Waals surface area (Å²) in [6.07, 6.45) is 3.02. The van der Waals surface area contributed by atoms with E-state index in [1.54, 1.807) is 6.26 Å². The van der Waals surface area contributed by atoms with Gasteiger partial charge in [-0.15, -0.1) is 0 Å². The first kappa shape index (κ1) is 15.2. The van der Waals surface area contributed by atoms with E-state index in [-0.39, 0.29) is 11.2 Å². The summed E-state index contributed by atoms with van der Waals surface area (Å²) in [5.41, 5.74) is 1.10. The van der Waals surface area contributed by atoms with Crippen molar-refractivity contribution in [2.45, 2.75) is 18.1 Å². The van der Waals surface area contributed by atoms with E-state index in [2.05, 4.69) is 17.9 Å². The van der Waals surface area contributed by atoms with Crippen molar-refractivity contribution in [1.82, 2.24) is 5.32 Å². The highest BCUT2D eigenvalue weighted by Crippen LogP contribution is 2.07. The Morgan fingerprint density at radius 2 is 2.06 bits per heavy atom. The van der Waals surface area contributed by atoms with Crippen LogP contribution >= 0.6 is 12.6 Å². The zero-order chi connectivity index (χ0) is 13.4. The number of thiol groups is 1. The molecule has 0 radical (unpaired) electrons. The van der Waals surface area contributed by atoms with Crippen molar-refractivity contribution in [2.24, 2.45) is 0 Å². The van der Waals surface area contributed by atoms with Gasteiger partial charge in [-0.25, -0.2) is 0 Å². The van der Waals surface area contributed by atoms with E-state index in [1.807, 2.05) is 30.3 Å². The summed E-state index contributed by atoms with van der Waals surface area (Å²) < 4.78 is 10.8. The average molecular weight is 285 g/mol. The Kier molecular flexibility index (Phi) is 7.05. The summed E-state index contributed by atoms with van der Waals surface area (Å²) in [5.74, 6) is 0.556. The molecule has 2 atom stereocenters. The van der Waals surface area contributed by atoms with Crippen molar-refractivity contribution < 1.29 is 9.00 Å². The fourth-order valence-corrected chi connectivity index (χ4v) is 2.39. The van der Waals surface area contributed by atoms with Gasteiger partial charge >= 0.3 is 0 Å². The van der Waals surface area contributed by atoms with Crippen LogP contribution in [0.15, 0.2) is 30.3 Å². The van der Waals surface area contributed by atoms with Crippen molar-refractivity contribution in [2.75, 3.05) is 18.6 Å². The summed E-state index contributed by atoms with van der Waals surface area (Å²) in [4.78, 5) is 11.7. The SMILES string of the molecule is CS(=O)CCCNC(=O)C(S)Cc1ccccc1. The maximum atomic E-state index is 11.7. The van der Waals surface area contributed by atoms with E-state index in [9.17, 15) is 9.00 Å². The van der Waals surface area contributed by atoms with E-state index >= 15 is 0 Å². The van der Waals surface area contributed by atoms with Crippen molar-refractivity contribution in [3.63, 3.8) is 0 Å². The molecule has 18 heavy (non-hydrogen) atoms. The second kappa shape index (κ2) is 8.32. The van der Waals surface area contributed by atoms with Crippen LogP contribution in [0, 0.1) is 0 Å². The number of hydrogen-bond acceptors (Lipinski definition) is 3. The zero-order valence-electron chi connectivity index (χ0n) is 10.5. The Hall–Kier alpha value is -0.810. The van der Waals surface area contributed by atoms with Crippen molar-refractivity contribution >= 4 is 29.3 Å². The third kappa shape index (κ3) is 6.21. The summed E-state index contributed by atoms with van der Waals surface area (Å²) in [6.45, 7) is 0.560. The summed E-state index contributed by atoms with van der Waals surface area (Å²) in [7, 11) is -0.793. The second-order valence-electron chi connectivity index (χ2n) is 4.13. The molecule has 1 amide bonds. The van der Waals surface area contributed by atoms with Gasteiger partial charge in [0.25, 0.3) is 0 Å². The predicted molar refractivity (Wildman–Crippen MR) is 79.5 cm³/mol. The lowest BCUT2D eigenvalue weighted by atomic mass is 10.1. The molecule has 3 nitrogen and oxygen atoms in total. The Morgan fingerprint density at radius 3 is 2.67 bits per heavy atom. The van der Waals surface area contributed by atoms with Gasteiger partial charge in [-0.3, -0.25) is 9.00 Å². The Balaban J connectivity index is 2.27. The number of nitrogens with one attached hydrogen (secondary N) is 1. The normalized spacial score (nSPS) is 13.9. The van der Waals surface area contributed by atoms with Crippen LogP contribution in [0.4, 0.5) is 0 Å². The monoisotopic (exact) mass is 285 g/mol. The first-order valence-corrected chi connectivity index (χ1v) is 8.13. The fraction of sp³-hybridized carbons (Fsp3) is 0.462. The van der Waals surface area contributed by atoms with Gasteiger partial charge in [0, 0.05) is 29.4 Å². The maximum Gasteiger partial charge on any atom is 0.233 e. The quantitative estimate of drug-likeness (QED) is 0.588. The molecule has 0 aliphatic rings. The number of carbonyl (C=O) groups excluding carboxylic acids is 1. The number of carbonyl (C=O) groups is 1. The molecule has 0 fully saturated rings. The standard InChI is InChI=1S/C13H19NO2S2/c1-18(16)9-5-8-14-13(15)12(17)10-11-6-3-2-4-7-11/h2-4,6-7,12,17H,5,8-10H2,1H3,(H,14,15). The largest absolute Gasteiger partial charge is 0.355 e. The van der Waals surface area contributed by atoms with Gasteiger partial charge in [-0.1, -0.05) is 30.3 Å². The van der Waals surface area contributed by atoms with Gasteiger partial charge in [0.05, 0.1) is 5.25 Å². The molecule has 1 N–H and O–H groups in total. The minimum Gasteiger partial charge on any atom is -0.355 e. The molecule has 1 aromatic rings. The first-order valence-electron chi connectivity index (χ1n) is 5.89. The molecule has 0 saturated carbocycles.